The van der Waals surface area contributed by atoms with E-state index >= 15 is 0 Å². The number of unbranched alkanes of at least 4 members (excludes halogenated alkanes) is 27. The Bertz CT molecular complexity index is 1060. The zero-order chi connectivity index (χ0) is 45.5. The van der Waals surface area contributed by atoms with Crippen molar-refractivity contribution in [1.29, 1.82) is 0 Å². The summed E-state index contributed by atoms with van der Waals surface area (Å²) in [5.74, 6) is -0.709. The second-order valence-electron chi connectivity index (χ2n) is 18.2. The summed E-state index contributed by atoms with van der Waals surface area (Å²) >= 11 is 0. The van der Waals surface area contributed by atoms with Gasteiger partial charge in [-0.3, -0.25) is 4.79 Å². The second-order valence-corrected chi connectivity index (χ2v) is 18.2. The van der Waals surface area contributed by atoms with E-state index in [-0.39, 0.29) is 12.8 Å². The molecule has 1 amide bonds. The summed E-state index contributed by atoms with van der Waals surface area (Å²) in [4.78, 5) is 13.1. The Balaban J connectivity index is 2.31. The van der Waals surface area contributed by atoms with E-state index in [4.69, 9.17) is 9.47 Å². The zero-order valence-corrected chi connectivity index (χ0v) is 39.6. The average molecular weight is 884 g/mol. The average Bonchev–Trinajstić information content (AvgIpc) is 3.27. The van der Waals surface area contributed by atoms with Gasteiger partial charge in [-0.15, -0.1) is 0 Å². The number of hydrogen-bond donors (Lipinski definition) is 8. The van der Waals surface area contributed by atoms with Crippen LogP contribution in [-0.2, 0) is 14.3 Å². The lowest BCUT2D eigenvalue weighted by Crippen LogP contribution is -2.60. The third-order valence-electron chi connectivity index (χ3n) is 12.5. The summed E-state index contributed by atoms with van der Waals surface area (Å²) in [7, 11) is 0. The summed E-state index contributed by atoms with van der Waals surface area (Å²) in [6, 6.07) is -1.19. The number of aliphatic hydroxyl groups excluding tert-OH is 7. The van der Waals surface area contributed by atoms with Crippen molar-refractivity contribution in [2.24, 2.45) is 0 Å². The van der Waals surface area contributed by atoms with Crippen molar-refractivity contribution < 1.29 is 50.0 Å². The van der Waals surface area contributed by atoms with Crippen LogP contribution in [0.25, 0.3) is 0 Å². The topological polar surface area (TPSA) is 189 Å². The van der Waals surface area contributed by atoms with Crippen molar-refractivity contribution in [1.82, 2.24) is 5.32 Å². The molecule has 11 heteroatoms. The predicted molar refractivity (Wildman–Crippen MR) is 252 cm³/mol. The Morgan fingerprint density at radius 3 is 1.42 bits per heavy atom. The van der Waals surface area contributed by atoms with Gasteiger partial charge in [0.2, 0.25) is 5.91 Å². The molecule has 366 valence electrons. The summed E-state index contributed by atoms with van der Waals surface area (Å²) in [6.45, 7) is 3.38. The molecule has 8 N–H and O–H groups in total. The molecule has 0 aromatic carbocycles. The number of rotatable bonds is 43. The maximum Gasteiger partial charge on any atom is 0.249 e. The smallest absolute Gasteiger partial charge is 0.249 e. The van der Waals surface area contributed by atoms with E-state index < -0.39 is 74.2 Å². The summed E-state index contributed by atoms with van der Waals surface area (Å²) in [5.41, 5.74) is 0. The van der Waals surface area contributed by atoms with Crippen LogP contribution in [0.2, 0.25) is 0 Å². The van der Waals surface area contributed by atoms with Crippen LogP contribution in [0, 0.1) is 0 Å². The molecule has 0 aromatic rings. The van der Waals surface area contributed by atoms with E-state index in [1.165, 1.54) is 141 Å². The molecule has 1 fully saturated rings. The standard InChI is InChI=1S/C51H97NO10/c1-3-5-7-9-11-13-15-16-17-18-19-20-21-22-23-24-25-26-27-29-31-33-35-37-39-44(55)50(60)52-42(41-61-51-49(59)48(58)47(57)45(40-53)62-51)46(56)43(54)38-36-34-32-30-28-14-12-10-8-6-4-2/h10,12,30,32,42-49,51,53-59H,3-9,11,13-29,31,33-41H2,1-2H3,(H,52,60)/b12-10+,32-30+. The Labute approximate surface area is 378 Å². The SMILES string of the molecule is CCCC/C=C/CC/C=C/CCCC(O)C(O)C(COC1OC(CO)C(O)C(O)C1O)NC(=O)C(O)CCCCCCCCCCCCCCCCCCCCCCCCCC. The van der Waals surface area contributed by atoms with Crippen molar-refractivity contribution >= 4 is 5.91 Å². The van der Waals surface area contributed by atoms with Gasteiger partial charge in [-0.25, -0.2) is 0 Å². The molecule has 0 bridgehead atoms. The van der Waals surface area contributed by atoms with Crippen molar-refractivity contribution in [3.05, 3.63) is 24.3 Å². The summed E-state index contributed by atoms with van der Waals surface area (Å²) in [5, 5.41) is 75.6. The lowest BCUT2D eigenvalue weighted by molar-refractivity contribution is -0.303. The number of carbonyl (C=O) groups is 1. The lowest BCUT2D eigenvalue weighted by atomic mass is 9.98. The van der Waals surface area contributed by atoms with Crippen LogP contribution in [0.5, 0.6) is 0 Å². The largest absolute Gasteiger partial charge is 0.394 e. The molecule has 0 aliphatic carbocycles. The maximum absolute atomic E-state index is 13.1. The van der Waals surface area contributed by atoms with Gasteiger partial charge in [0.05, 0.1) is 25.4 Å². The lowest BCUT2D eigenvalue weighted by Gasteiger charge is -2.40. The van der Waals surface area contributed by atoms with Crippen molar-refractivity contribution in [2.45, 2.75) is 281 Å². The zero-order valence-electron chi connectivity index (χ0n) is 39.6. The molecule has 11 nitrogen and oxygen atoms in total. The first-order chi connectivity index (χ1) is 30.2. The van der Waals surface area contributed by atoms with Crippen LogP contribution in [0.4, 0.5) is 0 Å². The first-order valence-corrected chi connectivity index (χ1v) is 25.7. The highest BCUT2D eigenvalue weighted by atomic mass is 16.7. The minimum absolute atomic E-state index is 0.247. The quantitative estimate of drug-likeness (QED) is 0.0216. The van der Waals surface area contributed by atoms with Crippen LogP contribution in [0.3, 0.4) is 0 Å². The number of ether oxygens (including phenoxy) is 2. The van der Waals surface area contributed by atoms with Crippen LogP contribution >= 0.6 is 0 Å². The Kier molecular flexibility index (Phi) is 38.8. The first-order valence-electron chi connectivity index (χ1n) is 25.7. The van der Waals surface area contributed by atoms with Crippen molar-refractivity contribution in [3.63, 3.8) is 0 Å². The summed E-state index contributed by atoms with van der Waals surface area (Å²) in [6.07, 6.45) is 35.4. The van der Waals surface area contributed by atoms with E-state index in [0.29, 0.717) is 19.3 Å². The van der Waals surface area contributed by atoms with Gasteiger partial charge >= 0.3 is 0 Å². The van der Waals surface area contributed by atoms with Crippen LogP contribution in [-0.4, -0.2) is 110 Å². The third-order valence-corrected chi connectivity index (χ3v) is 12.5. The fourth-order valence-corrected chi connectivity index (χ4v) is 8.21. The number of aliphatic hydroxyl groups is 7. The highest BCUT2D eigenvalue weighted by Gasteiger charge is 2.44. The molecule has 1 aliphatic rings. The van der Waals surface area contributed by atoms with Gasteiger partial charge in [0.1, 0.15) is 36.6 Å². The molecule has 0 saturated carbocycles. The minimum Gasteiger partial charge on any atom is -0.394 e. The van der Waals surface area contributed by atoms with Crippen molar-refractivity contribution in [3.8, 4) is 0 Å². The fourth-order valence-electron chi connectivity index (χ4n) is 8.21. The number of hydrogen-bond acceptors (Lipinski definition) is 10. The molecule has 1 aliphatic heterocycles. The van der Waals surface area contributed by atoms with Crippen molar-refractivity contribution in [2.75, 3.05) is 13.2 Å². The van der Waals surface area contributed by atoms with Crippen LogP contribution < -0.4 is 5.32 Å². The van der Waals surface area contributed by atoms with E-state index in [0.717, 1.165) is 38.5 Å². The monoisotopic (exact) mass is 884 g/mol. The Morgan fingerprint density at radius 1 is 0.548 bits per heavy atom. The molecular weight excluding hydrogens is 787 g/mol. The number of nitrogens with one attached hydrogen (secondary N) is 1. The highest BCUT2D eigenvalue weighted by molar-refractivity contribution is 5.80. The molecule has 0 radical (unpaired) electrons. The predicted octanol–water partition coefficient (Wildman–Crippen LogP) is 9.40. The molecule has 9 atom stereocenters. The van der Waals surface area contributed by atoms with Gasteiger partial charge in [0.15, 0.2) is 6.29 Å². The van der Waals surface area contributed by atoms with E-state index in [2.05, 4.69) is 43.5 Å². The van der Waals surface area contributed by atoms with Gasteiger partial charge in [0, 0.05) is 0 Å². The normalized spacial score (nSPS) is 21.5. The minimum atomic E-state index is -1.67. The second kappa shape index (κ2) is 41.1. The van der Waals surface area contributed by atoms with Crippen LogP contribution in [0.15, 0.2) is 24.3 Å². The fraction of sp³-hybridized carbons (Fsp3) is 0.902. The number of allylic oxidation sites excluding steroid dienone is 4. The molecule has 1 saturated heterocycles. The van der Waals surface area contributed by atoms with E-state index in [1.807, 2.05) is 0 Å². The van der Waals surface area contributed by atoms with Gasteiger partial charge in [-0.1, -0.05) is 205 Å². The third kappa shape index (κ3) is 29.9. The first kappa shape index (κ1) is 58.6. The number of carbonyl (C=O) groups excluding carboxylic acids is 1. The molecule has 0 spiro atoms. The maximum atomic E-state index is 13.1. The van der Waals surface area contributed by atoms with Crippen LogP contribution in [0.1, 0.15) is 226 Å². The number of amides is 1. The molecule has 1 heterocycles. The molecule has 62 heavy (non-hydrogen) atoms. The van der Waals surface area contributed by atoms with Gasteiger partial charge in [-0.05, 0) is 44.9 Å². The molecule has 1 rings (SSSR count). The Morgan fingerprint density at radius 2 is 0.968 bits per heavy atom. The Hall–Kier alpha value is -1.41. The molecular formula is C51H97NO10. The van der Waals surface area contributed by atoms with E-state index in [9.17, 15) is 40.5 Å². The van der Waals surface area contributed by atoms with Gasteiger partial charge < -0.3 is 50.5 Å². The van der Waals surface area contributed by atoms with E-state index in [1.54, 1.807) is 0 Å². The van der Waals surface area contributed by atoms with Gasteiger partial charge in [-0.2, -0.15) is 0 Å². The molecule has 9 unspecified atom stereocenters. The summed E-state index contributed by atoms with van der Waals surface area (Å²) < 4.78 is 11.1. The highest BCUT2D eigenvalue weighted by Crippen LogP contribution is 2.23. The van der Waals surface area contributed by atoms with Gasteiger partial charge in [0.25, 0.3) is 0 Å². The molecule has 0 aromatic heterocycles.